The Bertz CT molecular complexity index is 890. The number of rotatable bonds is 8. The van der Waals surface area contributed by atoms with Crippen LogP contribution in [0.3, 0.4) is 0 Å². The van der Waals surface area contributed by atoms with Crippen molar-refractivity contribution in [1.29, 1.82) is 0 Å². The number of halogens is 1. The van der Waals surface area contributed by atoms with Crippen LogP contribution in [0.5, 0.6) is 0 Å². The fourth-order valence-corrected chi connectivity index (χ4v) is 4.39. The lowest BCUT2D eigenvalue weighted by Crippen LogP contribution is -2.18. The molecule has 3 N–H and O–H groups in total. The van der Waals surface area contributed by atoms with Gasteiger partial charge in [0.2, 0.25) is 5.95 Å². The standard InChI is InChI=1S/C15H17BrN6OS2/c1-9-12(21-8-20-9)7-24-3-2-17-15-19-5-10(13(23)22-15)4-11-6-18-14(16)25-11/h5-6,8H,2-4,7H2,1H3,(H,20,21)(H2,17,19,22,23). The summed E-state index contributed by atoms with van der Waals surface area (Å²) in [5.74, 6) is 2.26. The number of anilines is 1. The van der Waals surface area contributed by atoms with Crippen molar-refractivity contribution in [3.05, 3.63) is 54.8 Å². The van der Waals surface area contributed by atoms with Crippen molar-refractivity contribution in [3.8, 4) is 0 Å². The second-order valence-corrected chi connectivity index (χ2v) is 8.79. The van der Waals surface area contributed by atoms with Crippen LogP contribution in [0.1, 0.15) is 21.8 Å². The first-order chi connectivity index (χ1) is 12.1. The molecule has 132 valence electrons. The molecule has 0 saturated heterocycles. The van der Waals surface area contributed by atoms with Gasteiger partial charge in [-0.15, -0.1) is 11.3 Å². The number of aromatic amines is 2. The first kappa shape index (κ1) is 18.2. The van der Waals surface area contributed by atoms with E-state index in [1.807, 2.05) is 6.92 Å². The van der Waals surface area contributed by atoms with E-state index < -0.39 is 0 Å². The first-order valence-corrected chi connectivity index (χ1v) is 10.4. The Morgan fingerprint density at radius 1 is 1.32 bits per heavy atom. The van der Waals surface area contributed by atoms with Gasteiger partial charge in [-0.2, -0.15) is 11.8 Å². The number of hydrogen-bond donors (Lipinski definition) is 3. The highest BCUT2D eigenvalue weighted by Gasteiger charge is 2.07. The van der Waals surface area contributed by atoms with E-state index in [1.54, 1.807) is 30.5 Å². The Morgan fingerprint density at radius 2 is 2.20 bits per heavy atom. The van der Waals surface area contributed by atoms with Crippen LogP contribution in [0.2, 0.25) is 0 Å². The Morgan fingerprint density at radius 3 is 2.88 bits per heavy atom. The highest BCUT2D eigenvalue weighted by molar-refractivity contribution is 9.11. The maximum absolute atomic E-state index is 12.2. The van der Waals surface area contributed by atoms with Gasteiger partial charge in [0.1, 0.15) is 0 Å². The van der Waals surface area contributed by atoms with Gasteiger partial charge in [0.25, 0.3) is 5.56 Å². The van der Waals surface area contributed by atoms with Gasteiger partial charge < -0.3 is 10.3 Å². The lowest BCUT2D eigenvalue weighted by atomic mass is 10.2. The molecule has 0 bridgehead atoms. The van der Waals surface area contributed by atoms with Crippen LogP contribution in [0.15, 0.2) is 27.4 Å². The Hall–Kier alpha value is -1.65. The zero-order valence-electron chi connectivity index (χ0n) is 13.5. The largest absolute Gasteiger partial charge is 0.355 e. The van der Waals surface area contributed by atoms with Gasteiger partial charge >= 0.3 is 0 Å². The third-order valence-corrected chi connectivity index (χ3v) is 5.92. The third kappa shape index (κ3) is 5.16. The van der Waals surface area contributed by atoms with Crippen LogP contribution in [-0.2, 0) is 12.2 Å². The fourth-order valence-electron chi connectivity index (χ4n) is 2.13. The molecule has 7 nitrogen and oxygen atoms in total. The molecule has 3 aromatic heterocycles. The van der Waals surface area contributed by atoms with Gasteiger partial charge in [-0.3, -0.25) is 9.78 Å². The van der Waals surface area contributed by atoms with E-state index in [4.69, 9.17) is 0 Å². The molecule has 0 aliphatic heterocycles. The molecule has 0 saturated carbocycles. The summed E-state index contributed by atoms with van der Waals surface area (Å²) in [6, 6.07) is 0. The number of imidazole rings is 1. The van der Waals surface area contributed by atoms with Crippen molar-refractivity contribution in [2.75, 3.05) is 17.6 Å². The molecule has 0 aliphatic carbocycles. The molecule has 0 aliphatic rings. The van der Waals surface area contributed by atoms with Crippen molar-refractivity contribution in [1.82, 2.24) is 24.9 Å². The SMILES string of the molecule is Cc1[nH]cnc1CSCCNc1ncc(Cc2cnc(Br)s2)c(=O)[nH]1. The van der Waals surface area contributed by atoms with E-state index in [1.165, 1.54) is 11.3 Å². The van der Waals surface area contributed by atoms with E-state index in [2.05, 4.69) is 46.2 Å². The number of aromatic nitrogens is 5. The number of thioether (sulfide) groups is 1. The number of H-pyrrole nitrogens is 2. The average Bonchev–Trinajstić information content (AvgIpc) is 3.18. The summed E-state index contributed by atoms with van der Waals surface area (Å²) in [4.78, 5) is 31.7. The molecule has 0 fully saturated rings. The zero-order valence-corrected chi connectivity index (χ0v) is 16.7. The molecular formula is C15H17BrN6OS2. The Kier molecular flexibility index (Phi) is 6.27. The molecule has 0 unspecified atom stereocenters. The van der Waals surface area contributed by atoms with Gasteiger partial charge in [-0.05, 0) is 22.9 Å². The lowest BCUT2D eigenvalue weighted by molar-refractivity contribution is 1.01. The monoisotopic (exact) mass is 440 g/mol. The molecule has 3 rings (SSSR count). The van der Waals surface area contributed by atoms with Crippen molar-refractivity contribution >= 4 is 45.0 Å². The number of nitrogens with zero attached hydrogens (tertiary/aromatic N) is 3. The molecule has 0 radical (unpaired) electrons. The van der Waals surface area contributed by atoms with Crippen LogP contribution in [-0.4, -0.2) is 37.2 Å². The molecule has 0 atom stereocenters. The second-order valence-electron chi connectivity index (χ2n) is 5.30. The minimum atomic E-state index is -0.123. The van der Waals surface area contributed by atoms with Gasteiger partial charge in [-0.25, -0.2) is 15.0 Å². The van der Waals surface area contributed by atoms with Crippen LogP contribution in [0, 0.1) is 6.92 Å². The van der Waals surface area contributed by atoms with Gasteiger partial charge in [0, 0.05) is 53.0 Å². The molecule has 3 heterocycles. The predicted octanol–water partition coefficient (Wildman–Crippen LogP) is 2.96. The van der Waals surface area contributed by atoms with Gasteiger partial charge in [0.05, 0.1) is 12.0 Å². The number of hydrogen-bond acceptors (Lipinski definition) is 7. The molecule has 10 heteroatoms. The van der Waals surface area contributed by atoms with E-state index in [-0.39, 0.29) is 5.56 Å². The van der Waals surface area contributed by atoms with Gasteiger partial charge in [-0.1, -0.05) is 0 Å². The zero-order chi connectivity index (χ0) is 17.6. The summed E-state index contributed by atoms with van der Waals surface area (Å²) in [7, 11) is 0. The van der Waals surface area contributed by atoms with E-state index in [0.717, 1.165) is 38.2 Å². The van der Waals surface area contributed by atoms with E-state index >= 15 is 0 Å². The van der Waals surface area contributed by atoms with Gasteiger partial charge in [0.15, 0.2) is 3.92 Å². The molecule has 3 aromatic rings. The molecule has 0 spiro atoms. The van der Waals surface area contributed by atoms with Crippen LogP contribution in [0.25, 0.3) is 0 Å². The predicted molar refractivity (Wildman–Crippen MR) is 105 cm³/mol. The summed E-state index contributed by atoms with van der Waals surface area (Å²) in [5, 5.41) is 3.14. The molecule has 0 amide bonds. The summed E-state index contributed by atoms with van der Waals surface area (Å²) < 4.78 is 0.813. The smallest absolute Gasteiger partial charge is 0.255 e. The second kappa shape index (κ2) is 8.63. The highest BCUT2D eigenvalue weighted by atomic mass is 79.9. The first-order valence-electron chi connectivity index (χ1n) is 7.60. The summed E-state index contributed by atoms with van der Waals surface area (Å²) >= 11 is 6.62. The number of nitrogens with one attached hydrogen (secondary N) is 3. The highest BCUT2D eigenvalue weighted by Crippen LogP contribution is 2.20. The minimum Gasteiger partial charge on any atom is -0.355 e. The van der Waals surface area contributed by atoms with Crippen molar-refractivity contribution in [2.45, 2.75) is 19.1 Å². The average molecular weight is 441 g/mol. The fraction of sp³-hybridized carbons (Fsp3) is 0.333. The number of thiazole rings is 1. The summed E-state index contributed by atoms with van der Waals surface area (Å²) in [6.07, 6.45) is 5.63. The quantitative estimate of drug-likeness (QED) is 0.465. The Labute approximate surface area is 161 Å². The van der Waals surface area contributed by atoms with Crippen LogP contribution >= 0.6 is 39.0 Å². The van der Waals surface area contributed by atoms with E-state index in [0.29, 0.717) is 17.9 Å². The number of aryl methyl sites for hydroxylation is 1. The summed E-state index contributed by atoms with van der Waals surface area (Å²) in [6.45, 7) is 2.74. The third-order valence-electron chi connectivity index (χ3n) is 3.48. The summed E-state index contributed by atoms with van der Waals surface area (Å²) in [5.41, 5.74) is 2.69. The van der Waals surface area contributed by atoms with Crippen molar-refractivity contribution in [2.24, 2.45) is 0 Å². The van der Waals surface area contributed by atoms with Crippen molar-refractivity contribution in [3.63, 3.8) is 0 Å². The minimum absolute atomic E-state index is 0.123. The molecular weight excluding hydrogens is 424 g/mol. The normalized spacial score (nSPS) is 11.0. The molecule has 25 heavy (non-hydrogen) atoms. The maximum Gasteiger partial charge on any atom is 0.255 e. The topological polar surface area (TPSA) is 99.3 Å². The van der Waals surface area contributed by atoms with Crippen LogP contribution in [0.4, 0.5) is 5.95 Å². The maximum atomic E-state index is 12.2. The van der Waals surface area contributed by atoms with E-state index in [9.17, 15) is 4.79 Å². The lowest BCUT2D eigenvalue weighted by Gasteiger charge is -2.06. The van der Waals surface area contributed by atoms with Crippen LogP contribution < -0.4 is 10.9 Å². The molecule has 0 aromatic carbocycles. The Balaban J connectivity index is 1.46. The van der Waals surface area contributed by atoms with Crippen molar-refractivity contribution < 1.29 is 0 Å².